The van der Waals surface area contributed by atoms with Gasteiger partial charge in [0, 0.05) is 23.6 Å². The van der Waals surface area contributed by atoms with E-state index in [2.05, 4.69) is 59.8 Å². The summed E-state index contributed by atoms with van der Waals surface area (Å²) >= 11 is 3.73. The van der Waals surface area contributed by atoms with E-state index in [0.29, 0.717) is 5.41 Å². The van der Waals surface area contributed by atoms with Gasteiger partial charge in [0.15, 0.2) is 0 Å². The van der Waals surface area contributed by atoms with Crippen molar-refractivity contribution < 1.29 is 0 Å². The van der Waals surface area contributed by atoms with Crippen LogP contribution in [0.5, 0.6) is 0 Å². The second kappa shape index (κ2) is 6.70. The monoisotopic (exact) mass is 352 g/mol. The van der Waals surface area contributed by atoms with E-state index < -0.39 is 0 Å². The Labute approximate surface area is 138 Å². The summed E-state index contributed by atoms with van der Waals surface area (Å²) in [7, 11) is 0. The Bertz CT molecular complexity index is 477. The summed E-state index contributed by atoms with van der Waals surface area (Å²) in [6.07, 6.45) is 3.91. The molecule has 1 aromatic rings. The molecule has 2 N–H and O–H groups in total. The summed E-state index contributed by atoms with van der Waals surface area (Å²) in [5.74, 6) is 0.824. The van der Waals surface area contributed by atoms with Gasteiger partial charge in [-0.2, -0.15) is 0 Å². The van der Waals surface area contributed by atoms with Crippen LogP contribution in [0.25, 0.3) is 0 Å². The van der Waals surface area contributed by atoms with Crippen molar-refractivity contribution in [2.45, 2.75) is 53.0 Å². The highest BCUT2D eigenvalue weighted by atomic mass is 79.9. The van der Waals surface area contributed by atoms with Crippen LogP contribution < -0.4 is 10.6 Å². The van der Waals surface area contributed by atoms with Crippen LogP contribution in [0.3, 0.4) is 0 Å². The average molecular weight is 353 g/mol. The van der Waals surface area contributed by atoms with Gasteiger partial charge in [-0.15, -0.1) is 0 Å². The second-order valence-corrected chi connectivity index (χ2v) is 8.33. The summed E-state index contributed by atoms with van der Waals surface area (Å²) in [4.78, 5) is 2.53. The number of hydrogen-bond acceptors (Lipinski definition) is 2. The molecule has 1 aliphatic rings. The number of nitrogens with zero attached hydrogens (tertiary/aromatic N) is 1. The quantitative estimate of drug-likeness (QED) is 0.799. The molecule has 0 aliphatic carbocycles. The van der Waals surface area contributed by atoms with Gasteiger partial charge in [0.1, 0.15) is 0 Å². The predicted octanol–water partition coefficient (Wildman–Crippen LogP) is 5.12. The molecule has 0 saturated carbocycles. The first-order chi connectivity index (χ1) is 9.79. The van der Waals surface area contributed by atoms with E-state index in [1.165, 1.54) is 35.0 Å². The molecule has 0 aromatic heterocycles. The normalized spacial score (nSPS) is 22.0. The number of benzene rings is 1. The molecule has 1 heterocycles. The van der Waals surface area contributed by atoms with E-state index in [1.807, 2.05) is 6.92 Å². The van der Waals surface area contributed by atoms with Crippen molar-refractivity contribution in [2.75, 3.05) is 18.0 Å². The molecular formula is C18H29BrN2. The molecule has 1 aromatic carbocycles. The Morgan fingerprint density at radius 2 is 1.95 bits per heavy atom. The Kier molecular flexibility index (Phi) is 5.37. The van der Waals surface area contributed by atoms with Gasteiger partial charge in [0.05, 0.1) is 5.69 Å². The van der Waals surface area contributed by atoms with Crippen molar-refractivity contribution >= 4 is 21.6 Å². The van der Waals surface area contributed by atoms with E-state index in [9.17, 15) is 0 Å². The maximum Gasteiger partial charge on any atom is 0.0510 e. The van der Waals surface area contributed by atoms with Crippen LogP contribution in [-0.2, 0) is 0 Å². The number of rotatable bonds is 2. The zero-order valence-electron chi connectivity index (χ0n) is 13.8. The van der Waals surface area contributed by atoms with Crippen LogP contribution in [0.2, 0.25) is 0 Å². The fourth-order valence-corrected chi connectivity index (χ4v) is 3.91. The maximum atomic E-state index is 5.97. The molecule has 0 spiro atoms. The van der Waals surface area contributed by atoms with Gasteiger partial charge in [0.25, 0.3) is 0 Å². The minimum Gasteiger partial charge on any atom is -0.371 e. The van der Waals surface area contributed by atoms with Crippen LogP contribution >= 0.6 is 15.9 Å². The molecule has 1 fully saturated rings. The van der Waals surface area contributed by atoms with Gasteiger partial charge >= 0.3 is 0 Å². The third-order valence-corrected chi connectivity index (χ3v) is 5.43. The van der Waals surface area contributed by atoms with Crippen LogP contribution in [0.1, 0.15) is 58.6 Å². The number of anilines is 1. The molecule has 2 rings (SSSR count). The third-order valence-electron chi connectivity index (χ3n) is 4.79. The molecular weight excluding hydrogens is 324 g/mol. The van der Waals surface area contributed by atoms with E-state index in [4.69, 9.17) is 5.73 Å². The van der Waals surface area contributed by atoms with Crippen LogP contribution in [0, 0.1) is 11.3 Å². The Morgan fingerprint density at radius 1 is 1.24 bits per heavy atom. The van der Waals surface area contributed by atoms with E-state index in [1.54, 1.807) is 0 Å². The van der Waals surface area contributed by atoms with Gasteiger partial charge in [-0.1, -0.05) is 26.8 Å². The molecule has 0 bridgehead atoms. The molecule has 0 amide bonds. The molecule has 3 heteroatoms. The van der Waals surface area contributed by atoms with Crippen molar-refractivity contribution in [3.05, 3.63) is 28.2 Å². The Hall–Kier alpha value is -0.540. The predicted molar refractivity (Wildman–Crippen MR) is 95.8 cm³/mol. The van der Waals surface area contributed by atoms with E-state index in [-0.39, 0.29) is 6.04 Å². The molecule has 1 aliphatic heterocycles. The molecule has 118 valence electrons. The number of nitrogens with two attached hydrogens (primary N) is 1. The minimum atomic E-state index is 0.0877. The highest BCUT2D eigenvalue weighted by molar-refractivity contribution is 9.10. The summed E-state index contributed by atoms with van der Waals surface area (Å²) in [6.45, 7) is 11.5. The first-order valence-electron chi connectivity index (χ1n) is 8.09. The Morgan fingerprint density at radius 3 is 2.52 bits per heavy atom. The second-order valence-electron chi connectivity index (χ2n) is 7.48. The fraction of sp³-hybridized carbons (Fsp3) is 0.667. The van der Waals surface area contributed by atoms with Crippen molar-refractivity contribution in [3.8, 4) is 0 Å². The van der Waals surface area contributed by atoms with Crippen LogP contribution in [0.4, 0.5) is 5.69 Å². The Balaban J connectivity index is 2.12. The largest absolute Gasteiger partial charge is 0.371 e. The first-order valence-corrected chi connectivity index (χ1v) is 8.88. The highest BCUT2D eigenvalue weighted by Gasteiger charge is 2.27. The number of halogens is 1. The highest BCUT2D eigenvalue weighted by Crippen LogP contribution is 2.37. The topological polar surface area (TPSA) is 29.3 Å². The van der Waals surface area contributed by atoms with Gasteiger partial charge in [-0.25, -0.2) is 0 Å². The van der Waals surface area contributed by atoms with Crippen molar-refractivity contribution in [1.29, 1.82) is 0 Å². The zero-order chi connectivity index (χ0) is 15.6. The van der Waals surface area contributed by atoms with Crippen LogP contribution in [0.15, 0.2) is 22.7 Å². The average Bonchev–Trinajstić information content (AvgIpc) is 2.63. The van der Waals surface area contributed by atoms with Gasteiger partial charge in [-0.3, -0.25) is 0 Å². The summed E-state index contributed by atoms with van der Waals surface area (Å²) in [6, 6.07) is 6.65. The van der Waals surface area contributed by atoms with E-state index >= 15 is 0 Å². The zero-order valence-corrected chi connectivity index (χ0v) is 15.4. The molecule has 1 unspecified atom stereocenters. The molecule has 2 nitrogen and oxygen atoms in total. The van der Waals surface area contributed by atoms with Gasteiger partial charge < -0.3 is 10.6 Å². The molecule has 2 atom stereocenters. The lowest BCUT2D eigenvalue weighted by atomic mass is 9.77. The van der Waals surface area contributed by atoms with Crippen molar-refractivity contribution in [3.63, 3.8) is 0 Å². The van der Waals surface area contributed by atoms with Crippen molar-refractivity contribution in [2.24, 2.45) is 17.1 Å². The molecule has 21 heavy (non-hydrogen) atoms. The third kappa shape index (κ3) is 4.23. The standard InChI is InChI=1S/C18H29BrN2/c1-13(20)14-7-8-17(16(19)12-14)21-10-5-6-15(9-11-21)18(2,3)4/h7-8,12-13,15H,5-6,9-11,20H2,1-4H3/t13-,15?/m1/s1. The number of hydrogen-bond donors (Lipinski definition) is 1. The van der Waals surface area contributed by atoms with Gasteiger partial charge in [0.2, 0.25) is 0 Å². The molecule has 1 saturated heterocycles. The maximum absolute atomic E-state index is 5.97. The van der Waals surface area contributed by atoms with Crippen LogP contribution in [-0.4, -0.2) is 13.1 Å². The summed E-state index contributed by atoms with van der Waals surface area (Å²) in [5, 5.41) is 0. The smallest absolute Gasteiger partial charge is 0.0510 e. The summed E-state index contributed by atoms with van der Waals surface area (Å²) in [5.41, 5.74) is 8.89. The van der Waals surface area contributed by atoms with Crippen molar-refractivity contribution in [1.82, 2.24) is 0 Å². The fourth-order valence-electron chi connectivity index (χ4n) is 3.27. The lowest BCUT2D eigenvalue weighted by Crippen LogP contribution is -2.26. The SMILES string of the molecule is C[C@@H](N)c1ccc(N2CCCC(C(C)(C)C)CC2)c(Br)c1. The lowest BCUT2D eigenvalue weighted by Gasteiger charge is -2.30. The first kappa shape index (κ1) is 16.8. The minimum absolute atomic E-state index is 0.0877. The van der Waals surface area contributed by atoms with Gasteiger partial charge in [-0.05, 0) is 71.1 Å². The molecule has 0 radical (unpaired) electrons. The summed E-state index contributed by atoms with van der Waals surface area (Å²) < 4.78 is 1.17. The lowest BCUT2D eigenvalue weighted by molar-refractivity contribution is 0.220. The van der Waals surface area contributed by atoms with E-state index in [0.717, 1.165) is 19.0 Å².